The van der Waals surface area contributed by atoms with Crippen molar-refractivity contribution < 1.29 is 38.1 Å². The van der Waals surface area contributed by atoms with Crippen LogP contribution in [-0.4, -0.2) is 54.1 Å². The summed E-state index contributed by atoms with van der Waals surface area (Å²) in [6.07, 6.45) is -1.94. The van der Waals surface area contributed by atoms with Crippen molar-refractivity contribution >= 4 is 52.8 Å². The third-order valence-electron chi connectivity index (χ3n) is 10.2. The number of halogens is 2. The SMILES string of the molecule is COC(=O)[C@H](Cc1ccc(-c2ccc(C#N)cc2)cc1)NC(=O)C1Cc2cc3c(cc2CN1C(=O)OC(C)C)O[C@@H](c1ccc(OCc2ccc(Cl)c(Cl)c2)cc1)C(=O)N3. The second kappa shape index (κ2) is 18.2. The molecule has 0 saturated heterocycles. The summed E-state index contributed by atoms with van der Waals surface area (Å²) in [6.45, 7) is 3.69. The maximum absolute atomic E-state index is 14.1. The Labute approximate surface area is 356 Å². The van der Waals surface area contributed by atoms with E-state index in [-0.39, 0.29) is 31.9 Å². The molecule has 2 aliphatic rings. The van der Waals surface area contributed by atoms with E-state index in [1.165, 1.54) is 12.0 Å². The summed E-state index contributed by atoms with van der Waals surface area (Å²) in [5, 5.41) is 15.8. The standard InChI is InChI=1S/C46H40Cl2N4O8/c1-26(2)59-46(56)52-24-34-22-41-38(50-44(54)42(60-41)32-13-15-35(16-14-32)58-25-29-8-17-36(47)37(48)18-29)20-33(34)21-40(52)43(53)51-39(45(55)57-3)19-27-4-9-30(10-5-27)31-11-6-28(23-49)7-12-31/h4-18,20,22,26,39-40,42H,19,21,24-25H2,1-3H3,(H,50,54)(H,51,53)/t39-,40?,42-/m0/s1. The molecule has 5 aromatic rings. The van der Waals surface area contributed by atoms with Crippen LogP contribution in [0.4, 0.5) is 10.5 Å². The molecular weight excluding hydrogens is 807 g/mol. The zero-order valence-electron chi connectivity index (χ0n) is 32.9. The Morgan fingerprint density at radius 3 is 2.23 bits per heavy atom. The molecule has 2 N–H and O–H groups in total. The highest BCUT2D eigenvalue weighted by Crippen LogP contribution is 2.40. The molecule has 2 aliphatic heterocycles. The third-order valence-corrected chi connectivity index (χ3v) is 10.9. The molecule has 1 unspecified atom stereocenters. The number of carbonyl (C=O) groups excluding carboxylic acids is 4. The maximum Gasteiger partial charge on any atom is 0.411 e. The van der Waals surface area contributed by atoms with Crippen LogP contribution >= 0.6 is 23.2 Å². The Morgan fingerprint density at radius 1 is 0.900 bits per heavy atom. The molecule has 60 heavy (non-hydrogen) atoms. The van der Waals surface area contributed by atoms with Crippen LogP contribution in [0.2, 0.25) is 10.0 Å². The smallest absolute Gasteiger partial charge is 0.411 e. The van der Waals surface area contributed by atoms with Crippen molar-refractivity contribution in [1.29, 1.82) is 5.26 Å². The number of nitrogens with zero attached hydrogens (tertiary/aromatic N) is 2. The Kier molecular flexibility index (Phi) is 12.6. The number of amides is 3. The molecule has 0 aromatic heterocycles. The fourth-order valence-electron chi connectivity index (χ4n) is 7.05. The number of hydrogen-bond donors (Lipinski definition) is 2. The van der Waals surface area contributed by atoms with E-state index in [4.69, 9.17) is 47.4 Å². The van der Waals surface area contributed by atoms with Gasteiger partial charge >= 0.3 is 12.1 Å². The summed E-state index contributed by atoms with van der Waals surface area (Å²) in [6, 6.07) is 30.4. The third kappa shape index (κ3) is 9.49. The number of hydrogen-bond acceptors (Lipinski definition) is 9. The van der Waals surface area contributed by atoms with Gasteiger partial charge in [0.2, 0.25) is 12.0 Å². The van der Waals surface area contributed by atoms with Crippen molar-refractivity contribution in [3.63, 3.8) is 0 Å². The van der Waals surface area contributed by atoms with Crippen LogP contribution in [-0.2, 0) is 49.9 Å². The number of fused-ring (bicyclic) bond motifs is 2. The topological polar surface area (TPSA) is 156 Å². The number of esters is 1. The lowest BCUT2D eigenvalue weighted by molar-refractivity contribution is -0.145. The Hall–Kier alpha value is -6.55. The largest absolute Gasteiger partial charge is 0.489 e. The normalized spacial score (nSPS) is 15.9. The van der Waals surface area contributed by atoms with E-state index in [1.807, 2.05) is 42.5 Å². The summed E-state index contributed by atoms with van der Waals surface area (Å²) in [5.41, 5.74) is 6.43. The predicted molar refractivity (Wildman–Crippen MR) is 225 cm³/mol. The molecule has 14 heteroatoms. The molecule has 0 fully saturated rings. The summed E-state index contributed by atoms with van der Waals surface area (Å²) in [7, 11) is 1.24. The van der Waals surface area contributed by atoms with Gasteiger partial charge in [-0.2, -0.15) is 5.26 Å². The molecule has 306 valence electrons. The first-order chi connectivity index (χ1) is 28.9. The van der Waals surface area contributed by atoms with Gasteiger partial charge in [0.1, 0.15) is 30.2 Å². The fraction of sp³-hybridized carbons (Fsp3) is 0.239. The molecule has 0 aliphatic carbocycles. The number of methoxy groups -OCH3 is 1. The summed E-state index contributed by atoms with van der Waals surface area (Å²) < 4.78 is 22.8. The van der Waals surface area contributed by atoms with E-state index < -0.39 is 42.3 Å². The molecular formula is C46H40Cl2N4O8. The van der Waals surface area contributed by atoms with Crippen molar-refractivity contribution in [3.05, 3.63) is 147 Å². The van der Waals surface area contributed by atoms with Gasteiger partial charge in [-0.3, -0.25) is 14.5 Å². The number of nitriles is 1. The van der Waals surface area contributed by atoms with Gasteiger partial charge in [-0.05, 0) is 95.8 Å². The molecule has 0 bridgehead atoms. The van der Waals surface area contributed by atoms with Crippen LogP contribution in [0.15, 0.2) is 103 Å². The van der Waals surface area contributed by atoms with E-state index in [0.29, 0.717) is 49.5 Å². The van der Waals surface area contributed by atoms with Crippen LogP contribution in [0.1, 0.15) is 53.3 Å². The van der Waals surface area contributed by atoms with E-state index in [2.05, 4.69) is 16.7 Å². The molecule has 0 spiro atoms. The van der Waals surface area contributed by atoms with Crippen LogP contribution < -0.4 is 20.1 Å². The molecule has 2 heterocycles. The van der Waals surface area contributed by atoms with Gasteiger partial charge in [0.05, 0.1) is 47.1 Å². The lowest BCUT2D eigenvalue weighted by atomic mass is 9.92. The lowest BCUT2D eigenvalue weighted by Crippen LogP contribution is -2.56. The minimum atomic E-state index is -1.07. The van der Waals surface area contributed by atoms with Crippen molar-refractivity contribution in [2.24, 2.45) is 0 Å². The van der Waals surface area contributed by atoms with Crippen molar-refractivity contribution in [2.45, 2.75) is 64.1 Å². The number of rotatable bonds is 11. The lowest BCUT2D eigenvalue weighted by Gasteiger charge is -2.37. The first-order valence-electron chi connectivity index (χ1n) is 19.1. The summed E-state index contributed by atoms with van der Waals surface area (Å²) in [4.78, 5) is 55.4. The minimum Gasteiger partial charge on any atom is -0.489 e. The monoisotopic (exact) mass is 846 g/mol. The molecule has 0 radical (unpaired) electrons. The van der Waals surface area contributed by atoms with E-state index in [9.17, 15) is 19.2 Å². The molecule has 5 aromatic carbocycles. The van der Waals surface area contributed by atoms with E-state index in [1.54, 1.807) is 74.5 Å². The van der Waals surface area contributed by atoms with Crippen LogP contribution in [0, 0.1) is 11.3 Å². The number of carbonyl (C=O) groups is 4. The van der Waals surface area contributed by atoms with Gasteiger partial charge < -0.3 is 29.6 Å². The Morgan fingerprint density at radius 2 is 1.58 bits per heavy atom. The van der Waals surface area contributed by atoms with Crippen LogP contribution in [0.5, 0.6) is 11.5 Å². The zero-order valence-corrected chi connectivity index (χ0v) is 34.4. The average molecular weight is 848 g/mol. The first-order valence-corrected chi connectivity index (χ1v) is 19.9. The minimum absolute atomic E-state index is 0.00120. The second-order valence-electron chi connectivity index (χ2n) is 14.7. The molecule has 0 saturated carbocycles. The van der Waals surface area contributed by atoms with Crippen LogP contribution in [0.25, 0.3) is 11.1 Å². The summed E-state index contributed by atoms with van der Waals surface area (Å²) >= 11 is 12.1. The summed E-state index contributed by atoms with van der Waals surface area (Å²) in [5.74, 6) is -0.635. The van der Waals surface area contributed by atoms with Gasteiger partial charge in [0, 0.05) is 18.4 Å². The zero-order chi connectivity index (χ0) is 42.5. The van der Waals surface area contributed by atoms with Crippen LogP contribution in [0.3, 0.4) is 0 Å². The number of anilines is 1. The number of benzene rings is 5. The van der Waals surface area contributed by atoms with E-state index >= 15 is 0 Å². The van der Waals surface area contributed by atoms with Gasteiger partial charge in [-0.25, -0.2) is 9.59 Å². The number of ether oxygens (including phenoxy) is 4. The Balaban J connectivity index is 1.06. The van der Waals surface area contributed by atoms with E-state index in [0.717, 1.165) is 22.3 Å². The highest BCUT2D eigenvalue weighted by Gasteiger charge is 2.39. The highest BCUT2D eigenvalue weighted by atomic mass is 35.5. The van der Waals surface area contributed by atoms with Crippen molar-refractivity contribution in [2.75, 3.05) is 12.4 Å². The average Bonchev–Trinajstić information content (AvgIpc) is 3.25. The van der Waals surface area contributed by atoms with Gasteiger partial charge in [0.25, 0.3) is 5.91 Å². The molecule has 3 amide bonds. The van der Waals surface area contributed by atoms with Gasteiger partial charge in [-0.1, -0.05) is 77.8 Å². The quantitative estimate of drug-likeness (QED) is 0.125. The van der Waals surface area contributed by atoms with Crippen molar-refractivity contribution in [3.8, 4) is 28.7 Å². The number of nitrogens with one attached hydrogen (secondary N) is 2. The van der Waals surface area contributed by atoms with Gasteiger partial charge in [-0.15, -0.1) is 0 Å². The predicted octanol–water partition coefficient (Wildman–Crippen LogP) is 8.36. The molecule has 7 rings (SSSR count). The highest BCUT2D eigenvalue weighted by molar-refractivity contribution is 6.42. The maximum atomic E-state index is 14.1. The molecule has 12 nitrogen and oxygen atoms in total. The van der Waals surface area contributed by atoms with Crippen molar-refractivity contribution in [1.82, 2.24) is 10.2 Å². The molecule has 3 atom stereocenters. The fourth-order valence-corrected chi connectivity index (χ4v) is 7.37. The second-order valence-corrected chi connectivity index (χ2v) is 15.5. The Bertz CT molecular complexity index is 2470. The van der Waals surface area contributed by atoms with Gasteiger partial charge in [0.15, 0.2) is 0 Å². The first kappa shape index (κ1) is 41.6.